The standard InChI is InChI=1S/C32H38O17/c1-43-20-11-16(3-7-18(20)35)5-9-24(37)45-14-23-27(40)30(47-25(38)10-6-17-4-8-19(36)21(12-17)44-2)32(15-34,48-23)49-31-29(42)28(41)26(39)22(13-33)46-31/h3-12,22-23,26-31,33-36,39-42H,13-15H2,1-2H3/b9-5-,10-6-/t22-,23-,26-,27-,28+,29-,30+,31-,32+/m1/s1. The van der Waals surface area contributed by atoms with Crippen molar-refractivity contribution in [1.82, 2.24) is 0 Å². The SMILES string of the molecule is COc1cc(/C=C\C(=O)OC[C@H]2O[C@@](CO)(O[C@H]3O[C@H](CO)[C@@H](O)[C@H](O)[C@H]3O)[C@@H](OC(=O)/C=C\c3ccc(O)c(OC)c3)[C@@H]2O)ccc1O. The van der Waals surface area contributed by atoms with Crippen molar-refractivity contribution in [2.75, 3.05) is 34.0 Å². The number of aliphatic hydroxyl groups is 6. The molecule has 0 bridgehead atoms. The van der Waals surface area contributed by atoms with Gasteiger partial charge in [-0.1, -0.05) is 12.1 Å². The maximum Gasteiger partial charge on any atom is 0.331 e. The van der Waals surface area contributed by atoms with Crippen LogP contribution in [0.4, 0.5) is 0 Å². The lowest BCUT2D eigenvalue weighted by atomic mass is 9.99. The van der Waals surface area contributed by atoms with Crippen molar-refractivity contribution in [2.24, 2.45) is 0 Å². The van der Waals surface area contributed by atoms with E-state index < -0.39 is 86.6 Å². The summed E-state index contributed by atoms with van der Waals surface area (Å²) in [7, 11) is 2.69. The van der Waals surface area contributed by atoms with Crippen molar-refractivity contribution in [3.8, 4) is 23.0 Å². The molecule has 49 heavy (non-hydrogen) atoms. The normalized spacial score (nSPS) is 30.0. The lowest BCUT2D eigenvalue weighted by molar-refractivity contribution is -0.383. The molecule has 0 unspecified atom stereocenters. The first-order valence-corrected chi connectivity index (χ1v) is 14.8. The molecule has 2 aliphatic rings. The third kappa shape index (κ3) is 8.66. The van der Waals surface area contributed by atoms with Gasteiger partial charge in [-0.05, 0) is 47.5 Å². The Labute approximate surface area is 279 Å². The molecule has 2 aromatic carbocycles. The Balaban J connectivity index is 1.54. The highest BCUT2D eigenvalue weighted by atomic mass is 16.8. The number of carbonyl (C=O) groups excluding carboxylic acids is 2. The zero-order valence-electron chi connectivity index (χ0n) is 26.3. The maximum atomic E-state index is 13.0. The number of rotatable bonds is 13. The molecule has 2 aliphatic heterocycles. The summed E-state index contributed by atoms with van der Waals surface area (Å²) in [5, 5.41) is 81.8. The molecule has 0 aromatic heterocycles. The summed E-state index contributed by atoms with van der Waals surface area (Å²) in [6.45, 7) is -2.63. The number of ether oxygens (including phenoxy) is 7. The van der Waals surface area contributed by atoms with Gasteiger partial charge in [-0.25, -0.2) is 9.59 Å². The third-order valence-corrected chi connectivity index (χ3v) is 7.72. The number of carbonyl (C=O) groups is 2. The maximum absolute atomic E-state index is 13.0. The molecule has 17 heteroatoms. The van der Waals surface area contributed by atoms with Crippen molar-refractivity contribution in [2.45, 2.75) is 54.8 Å². The van der Waals surface area contributed by atoms with E-state index in [9.17, 15) is 50.4 Å². The van der Waals surface area contributed by atoms with Gasteiger partial charge in [0.05, 0.1) is 20.8 Å². The van der Waals surface area contributed by atoms with Gasteiger partial charge in [-0.15, -0.1) is 0 Å². The largest absolute Gasteiger partial charge is 0.504 e. The molecule has 2 heterocycles. The lowest BCUT2D eigenvalue weighted by Crippen LogP contribution is -2.63. The van der Waals surface area contributed by atoms with Gasteiger partial charge < -0.3 is 74.0 Å². The van der Waals surface area contributed by atoms with Gasteiger partial charge in [-0.2, -0.15) is 0 Å². The Bertz CT molecular complexity index is 1510. The summed E-state index contributed by atoms with van der Waals surface area (Å²) < 4.78 is 37.5. The Morgan fingerprint density at radius 1 is 0.796 bits per heavy atom. The molecule has 2 saturated heterocycles. The topological polar surface area (TPSA) is 261 Å². The molecule has 4 rings (SSSR count). The van der Waals surface area contributed by atoms with Gasteiger partial charge in [-0.3, -0.25) is 0 Å². The molecule has 8 N–H and O–H groups in total. The van der Waals surface area contributed by atoms with E-state index in [1.54, 1.807) is 0 Å². The summed E-state index contributed by atoms with van der Waals surface area (Å²) in [4.78, 5) is 25.5. The molecule has 0 aliphatic carbocycles. The van der Waals surface area contributed by atoms with Crippen LogP contribution in [0.5, 0.6) is 23.0 Å². The zero-order valence-corrected chi connectivity index (χ0v) is 26.3. The van der Waals surface area contributed by atoms with Crippen LogP contribution < -0.4 is 9.47 Å². The van der Waals surface area contributed by atoms with Gasteiger partial charge in [0.1, 0.15) is 49.8 Å². The van der Waals surface area contributed by atoms with E-state index in [0.717, 1.165) is 12.2 Å². The summed E-state index contributed by atoms with van der Waals surface area (Å²) in [5.74, 6) is -4.46. The van der Waals surface area contributed by atoms with Crippen LogP contribution in [0.3, 0.4) is 0 Å². The Hall–Kier alpha value is -4.30. The molecule has 9 atom stereocenters. The minimum absolute atomic E-state index is 0.112. The fourth-order valence-electron chi connectivity index (χ4n) is 5.06. The second-order valence-electron chi connectivity index (χ2n) is 10.9. The number of aromatic hydroxyl groups is 2. The molecule has 2 fully saturated rings. The van der Waals surface area contributed by atoms with Crippen molar-refractivity contribution in [3.05, 3.63) is 59.7 Å². The van der Waals surface area contributed by atoms with Crippen LogP contribution in [0.15, 0.2) is 48.6 Å². The number of hydrogen-bond acceptors (Lipinski definition) is 17. The predicted octanol–water partition coefficient (Wildman–Crippen LogP) is -1.44. The molecule has 0 saturated carbocycles. The first-order valence-electron chi connectivity index (χ1n) is 14.8. The van der Waals surface area contributed by atoms with Crippen molar-refractivity contribution in [1.29, 1.82) is 0 Å². The number of phenolic OH excluding ortho intramolecular Hbond substituents is 2. The molecule has 2 aromatic rings. The van der Waals surface area contributed by atoms with E-state index in [0.29, 0.717) is 11.1 Å². The van der Waals surface area contributed by atoms with Crippen LogP contribution in [-0.4, -0.2) is 142 Å². The van der Waals surface area contributed by atoms with E-state index in [2.05, 4.69) is 0 Å². The van der Waals surface area contributed by atoms with E-state index in [4.69, 9.17) is 33.2 Å². The Kier molecular flexibility index (Phi) is 12.6. The first-order chi connectivity index (χ1) is 23.4. The highest BCUT2D eigenvalue weighted by Gasteiger charge is 2.61. The van der Waals surface area contributed by atoms with Gasteiger partial charge in [0, 0.05) is 12.2 Å². The minimum atomic E-state index is -2.51. The van der Waals surface area contributed by atoms with E-state index in [1.165, 1.54) is 62.8 Å². The van der Waals surface area contributed by atoms with Gasteiger partial charge in [0.25, 0.3) is 0 Å². The molecule has 0 amide bonds. The van der Waals surface area contributed by atoms with Gasteiger partial charge >= 0.3 is 11.9 Å². The monoisotopic (exact) mass is 694 g/mol. The summed E-state index contributed by atoms with van der Waals surface area (Å²) in [6.07, 6.45) is -9.51. The van der Waals surface area contributed by atoms with Gasteiger partial charge in [0.2, 0.25) is 5.79 Å². The van der Waals surface area contributed by atoms with Crippen LogP contribution >= 0.6 is 0 Å². The van der Waals surface area contributed by atoms with Crippen molar-refractivity contribution in [3.63, 3.8) is 0 Å². The Morgan fingerprint density at radius 3 is 1.90 bits per heavy atom. The molecule has 17 nitrogen and oxygen atoms in total. The average Bonchev–Trinajstić information content (AvgIpc) is 3.36. The summed E-state index contributed by atoms with van der Waals surface area (Å²) in [6, 6.07) is 8.53. The van der Waals surface area contributed by atoms with Gasteiger partial charge in [0.15, 0.2) is 35.4 Å². The van der Waals surface area contributed by atoms with E-state index in [1.807, 2.05) is 0 Å². The van der Waals surface area contributed by atoms with E-state index in [-0.39, 0.29) is 23.0 Å². The smallest absolute Gasteiger partial charge is 0.331 e. The molecule has 0 spiro atoms. The highest BCUT2D eigenvalue weighted by molar-refractivity contribution is 5.88. The highest BCUT2D eigenvalue weighted by Crippen LogP contribution is 2.38. The number of aliphatic hydroxyl groups excluding tert-OH is 6. The number of methoxy groups -OCH3 is 2. The third-order valence-electron chi connectivity index (χ3n) is 7.72. The fourth-order valence-corrected chi connectivity index (χ4v) is 5.06. The number of esters is 2. The minimum Gasteiger partial charge on any atom is -0.504 e. The summed E-state index contributed by atoms with van der Waals surface area (Å²) in [5.41, 5.74) is 0.881. The second-order valence-corrected chi connectivity index (χ2v) is 10.9. The van der Waals surface area contributed by atoms with Crippen LogP contribution in [0.2, 0.25) is 0 Å². The van der Waals surface area contributed by atoms with Crippen molar-refractivity contribution >= 4 is 24.1 Å². The van der Waals surface area contributed by atoms with Crippen LogP contribution in [0.25, 0.3) is 12.2 Å². The molecule has 268 valence electrons. The molecular formula is C32H38O17. The van der Waals surface area contributed by atoms with Crippen LogP contribution in [-0.2, 0) is 33.3 Å². The number of benzene rings is 2. The lowest BCUT2D eigenvalue weighted by Gasteiger charge is -2.43. The number of hydrogen-bond donors (Lipinski definition) is 8. The fraction of sp³-hybridized carbons (Fsp3) is 0.438. The first kappa shape index (κ1) is 37.5. The predicted molar refractivity (Wildman–Crippen MR) is 164 cm³/mol. The second kappa shape index (κ2) is 16.4. The summed E-state index contributed by atoms with van der Waals surface area (Å²) >= 11 is 0. The van der Waals surface area contributed by atoms with E-state index >= 15 is 0 Å². The van der Waals surface area contributed by atoms with Crippen LogP contribution in [0, 0.1) is 0 Å². The molecular weight excluding hydrogens is 656 g/mol. The molecule has 0 radical (unpaired) electrons. The van der Waals surface area contributed by atoms with Crippen LogP contribution in [0.1, 0.15) is 11.1 Å². The average molecular weight is 695 g/mol. The zero-order chi connectivity index (χ0) is 35.9. The quantitative estimate of drug-likeness (QED) is 0.0882. The van der Waals surface area contributed by atoms with Crippen molar-refractivity contribution < 1.29 is 83.6 Å². The number of phenols is 2. The Morgan fingerprint density at radius 2 is 1.37 bits per heavy atom.